The number of nitrogens with zero attached hydrogens (tertiary/aromatic N) is 3. The molecule has 0 radical (unpaired) electrons. The summed E-state index contributed by atoms with van der Waals surface area (Å²) in [7, 11) is 0. The maximum Gasteiger partial charge on any atom is 0.311 e. The maximum absolute atomic E-state index is 12.9. The summed E-state index contributed by atoms with van der Waals surface area (Å²) >= 11 is 0. The van der Waals surface area contributed by atoms with Crippen LogP contribution in [0.25, 0.3) is 0 Å². The van der Waals surface area contributed by atoms with Gasteiger partial charge in [-0.2, -0.15) is 0 Å². The molecule has 1 aliphatic heterocycles. The zero-order chi connectivity index (χ0) is 16.9. The van der Waals surface area contributed by atoms with Crippen molar-refractivity contribution in [2.45, 2.75) is 25.4 Å². The van der Waals surface area contributed by atoms with Gasteiger partial charge in [0.25, 0.3) is 0 Å². The lowest BCUT2D eigenvalue weighted by Crippen LogP contribution is -2.38. The van der Waals surface area contributed by atoms with Crippen LogP contribution in [0.4, 0.5) is 15.9 Å². The zero-order valence-corrected chi connectivity index (χ0v) is 13.2. The Morgan fingerprint density at radius 2 is 1.96 bits per heavy atom. The van der Waals surface area contributed by atoms with Crippen LogP contribution >= 0.6 is 0 Å². The molecule has 0 saturated carbocycles. The van der Waals surface area contributed by atoms with Crippen LogP contribution in [0, 0.1) is 15.9 Å². The summed E-state index contributed by atoms with van der Waals surface area (Å²) in [5.41, 5.74) is 1.09. The first-order chi connectivity index (χ1) is 11.6. The molecule has 126 valence electrons. The van der Waals surface area contributed by atoms with Crippen molar-refractivity contribution >= 4 is 11.5 Å². The average molecular weight is 330 g/mol. The first-order valence-electron chi connectivity index (χ1n) is 7.94. The monoisotopic (exact) mass is 330 g/mol. The Kier molecular flexibility index (Phi) is 5.00. The molecule has 2 heterocycles. The molecule has 1 saturated heterocycles. The molecule has 1 aromatic carbocycles. The van der Waals surface area contributed by atoms with Crippen LogP contribution in [0.1, 0.15) is 18.4 Å². The molecule has 1 aliphatic rings. The highest BCUT2D eigenvalue weighted by Crippen LogP contribution is 2.24. The first-order valence-corrected chi connectivity index (χ1v) is 7.94. The number of aromatic nitrogens is 1. The second kappa shape index (κ2) is 7.35. The van der Waals surface area contributed by atoms with E-state index < -0.39 is 4.92 Å². The van der Waals surface area contributed by atoms with Crippen LogP contribution < -0.4 is 5.32 Å². The van der Waals surface area contributed by atoms with E-state index in [2.05, 4.69) is 15.2 Å². The van der Waals surface area contributed by atoms with Gasteiger partial charge in [0.1, 0.15) is 5.82 Å². The van der Waals surface area contributed by atoms with Gasteiger partial charge in [-0.05, 0) is 36.6 Å². The second-order valence-corrected chi connectivity index (χ2v) is 5.95. The molecular formula is C17H19FN4O2. The molecule has 0 bridgehead atoms. The number of benzene rings is 1. The first kappa shape index (κ1) is 16.3. The van der Waals surface area contributed by atoms with E-state index >= 15 is 0 Å². The van der Waals surface area contributed by atoms with Crippen molar-refractivity contribution in [3.05, 3.63) is 64.1 Å². The van der Waals surface area contributed by atoms with E-state index in [4.69, 9.17) is 0 Å². The fourth-order valence-corrected chi connectivity index (χ4v) is 2.93. The second-order valence-electron chi connectivity index (χ2n) is 5.95. The van der Waals surface area contributed by atoms with Gasteiger partial charge in [0.05, 0.1) is 4.92 Å². The number of nitrogens with one attached hydrogen (secondary N) is 1. The Morgan fingerprint density at radius 1 is 1.25 bits per heavy atom. The number of rotatable bonds is 5. The third kappa shape index (κ3) is 4.05. The van der Waals surface area contributed by atoms with Crippen LogP contribution in [-0.2, 0) is 6.54 Å². The van der Waals surface area contributed by atoms with Crippen molar-refractivity contribution in [3.63, 3.8) is 0 Å². The van der Waals surface area contributed by atoms with Gasteiger partial charge in [0.2, 0.25) is 5.82 Å². The molecule has 6 nitrogen and oxygen atoms in total. The van der Waals surface area contributed by atoms with E-state index in [1.165, 1.54) is 18.2 Å². The quantitative estimate of drug-likeness (QED) is 0.673. The Morgan fingerprint density at radius 3 is 2.62 bits per heavy atom. The van der Waals surface area contributed by atoms with Crippen molar-refractivity contribution < 1.29 is 9.31 Å². The number of hydrogen-bond acceptors (Lipinski definition) is 5. The highest BCUT2D eigenvalue weighted by Gasteiger charge is 2.22. The standard InChI is InChI=1S/C17H19FN4O2/c18-14-5-3-13(4-6-14)12-21-10-7-15(8-11-21)20-17-16(22(23)24)2-1-9-19-17/h1-6,9,15H,7-8,10-12H2,(H,19,20). The number of nitro groups is 1. The summed E-state index contributed by atoms with van der Waals surface area (Å²) in [6.45, 7) is 2.56. The third-order valence-electron chi connectivity index (χ3n) is 4.23. The molecule has 0 atom stereocenters. The van der Waals surface area contributed by atoms with Crippen LogP contribution in [0.2, 0.25) is 0 Å². The summed E-state index contributed by atoms with van der Waals surface area (Å²) in [6.07, 6.45) is 3.32. The number of anilines is 1. The Labute approximate surface area is 139 Å². The van der Waals surface area contributed by atoms with E-state index in [0.29, 0.717) is 5.82 Å². The third-order valence-corrected chi connectivity index (χ3v) is 4.23. The SMILES string of the molecule is O=[N+]([O-])c1cccnc1NC1CCN(Cc2ccc(F)cc2)CC1. The van der Waals surface area contributed by atoms with Crippen LogP contribution in [-0.4, -0.2) is 33.9 Å². The van der Waals surface area contributed by atoms with E-state index in [9.17, 15) is 14.5 Å². The maximum atomic E-state index is 12.9. The average Bonchev–Trinajstić information content (AvgIpc) is 2.59. The van der Waals surface area contributed by atoms with Crippen molar-refractivity contribution in [2.75, 3.05) is 18.4 Å². The van der Waals surface area contributed by atoms with Gasteiger partial charge >= 0.3 is 5.69 Å². The molecular weight excluding hydrogens is 311 g/mol. The molecule has 2 aromatic rings. The Hall–Kier alpha value is -2.54. The number of likely N-dealkylation sites (tertiary alicyclic amines) is 1. The Bertz CT molecular complexity index is 700. The van der Waals surface area contributed by atoms with E-state index in [1.54, 1.807) is 24.4 Å². The van der Waals surface area contributed by atoms with Crippen LogP contribution in [0.5, 0.6) is 0 Å². The van der Waals surface area contributed by atoms with E-state index in [-0.39, 0.29) is 17.5 Å². The van der Waals surface area contributed by atoms with E-state index in [0.717, 1.165) is 38.0 Å². The van der Waals surface area contributed by atoms with Crippen molar-refractivity contribution in [2.24, 2.45) is 0 Å². The molecule has 7 heteroatoms. The minimum atomic E-state index is -0.418. The smallest absolute Gasteiger partial charge is 0.311 e. The highest BCUT2D eigenvalue weighted by atomic mass is 19.1. The van der Waals surface area contributed by atoms with Crippen molar-refractivity contribution in [3.8, 4) is 0 Å². The van der Waals surface area contributed by atoms with Gasteiger partial charge in [-0.1, -0.05) is 12.1 Å². The summed E-state index contributed by atoms with van der Waals surface area (Å²) < 4.78 is 12.9. The lowest BCUT2D eigenvalue weighted by atomic mass is 10.0. The van der Waals surface area contributed by atoms with Gasteiger partial charge in [-0.25, -0.2) is 9.37 Å². The predicted molar refractivity (Wildman–Crippen MR) is 89.2 cm³/mol. The highest BCUT2D eigenvalue weighted by molar-refractivity contribution is 5.55. The zero-order valence-electron chi connectivity index (χ0n) is 13.2. The van der Waals surface area contributed by atoms with Crippen LogP contribution in [0.15, 0.2) is 42.6 Å². The van der Waals surface area contributed by atoms with Crippen LogP contribution in [0.3, 0.4) is 0 Å². The van der Waals surface area contributed by atoms with Gasteiger partial charge in [-0.3, -0.25) is 15.0 Å². The molecule has 0 unspecified atom stereocenters. The summed E-state index contributed by atoms with van der Waals surface area (Å²) in [6, 6.07) is 9.75. The largest absolute Gasteiger partial charge is 0.362 e. The van der Waals surface area contributed by atoms with Gasteiger partial charge < -0.3 is 5.32 Å². The Balaban J connectivity index is 1.54. The van der Waals surface area contributed by atoms with Gasteiger partial charge in [0, 0.05) is 37.9 Å². The van der Waals surface area contributed by atoms with Crippen molar-refractivity contribution in [1.29, 1.82) is 0 Å². The fourth-order valence-electron chi connectivity index (χ4n) is 2.93. The van der Waals surface area contributed by atoms with Crippen molar-refractivity contribution in [1.82, 2.24) is 9.88 Å². The minimum Gasteiger partial charge on any atom is -0.362 e. The lowest BCUT2D eigenvalue weighted by Gasteiger charge is -2.32. The molecule has 0 spiro atoms. The molecule has 1 N–H and O–H groups in total. The number of piperidine rings is 1. The topological polar surface area (TPSA) is 71.3 Å². The number of pyridine rings is 1. The van der Waals surface area contributed by atoms with E-state index in [1.807, 2.05) is 0 Å². The lowest BCUT2D eigenvalue weighted by molar-refractivity contribution is -0.384. The molecule has 0 amide bonds. The molecule has 0 aliphatic carbocycles. The molecule has 1 fully saturated rings. The molecule has 24 heavy (non-hydrogen) atoms. The number of hydrogen-bond donors (Lipinski definition) is 1. The van der Waals surface area contributed by atoms with Gasteiger partial charge in [-0.15, -0.1) is 0 Å². The minimum absolute atomic E-state index is 0.00578. The van der Waals surface area contributed by atoms with Gasteiger partial charge in [0.15, 0.2) is 0 Å². The number of halogens is 1. The summed E-state index contributed by atoms with van der Waals surface area (Å²) in [5, 5.41) is 14.2. The summed E-state index contributed by atoms with van der Waals surface area (Å²) in [4.78, 5) is 17.0. The molecule has 3 rings (SSSR count). The summed E-state index contributed by atoms with van der Waals surface area (Å²) in [5.74, 6) is 0.109. The molecule has 1 aromatic heterocycles. The normalized spacial score (nSPS) is 16.0. The fraction of sp³-hybridized carbons (Fsp3) is 0.353. The predicted octanol–water partition coefficient (Wildman–Crippen LogP) is 3.21.